The van der Waals surface area contributed by atoms with Crippen molar-refractivity contribution in [3.05, 3.63) is 29.8 Å². The zero-order valence-electron chi connectivity index (χ0n) is 16.3. The normalized spacial score (nSPS) is 16.1. The highest BCUT2D eigenvalue weighted by molar-refractivity contribution is 5.75. The lowest BCUT2D eigenvalue weighted by Gasteiger charge is -2.36. The van der Waals surface area contributed by atoms with E-state index >= 15 is 0 Å². The second-order valence-corrected chi connectivity index (χ2v) is 7.04. The Morgan fingerprint density at radius 3 is 2.42 bits per heavy atom. The summed E-state index contributed by atoms with van der Waals surface area (Å²) >= 11 is 0. The van der Waals surface area contributed by atoms with E-state index in [4.69, 9.17) is 4.74 Å². The Morgan fingerprint density at radius 1 is 1.27 bits per heavy atom. The number of benzene rings is 1. The molecule has 0 aliphatic carbocycles. The summed E-state index contributed by atoms with van der Waals surface area (Å²) in [6.45, 7) is 5.80. The predicted molar refractivity (Wildman–Crippen MR) is 102 cm³/mol. The number of urea groups is 1. The van der Waals surface area contributed by atoms with Gasteiger partial charge in [-0.25, -0.2) is 4.79 Å². The van der Waals surface area contributed by atoms with Crippen molar-refractivity contribution in [2.75, 3.05) is 33.8 Å². The first-order chi connectivity index (χ1) is 12.4. The van der Waals surface area contributed by atoms with Gasteiger partial charge in [0.15, 0.2) is 0 Å². The van der Waals surface area contributed by atoms with E-state index in [0.29, 0.717) is 25.6 Å². The number of rotatable bonds is 6. The Labute approximate surface area is 156 Å². The van der Waals surface area contributed by atoms with Crippen molar-refractivity contribution in [3.63, 3.8) is 0 Å². The molecule has 1 N–H and O–H groups in total. The highest BCUT2D eigenvalue weighted by Crippen LogP contribution is 2.21. The molecule has 0 radical (unpaired) electrons. The van der Waals surface area contributed by atoms with Crippen molar-refractivity contribution in [1.29, 1.82) is 0 Å². The Bertz CT molecular complexity index is 595. The molecule has 1 heterocycles. The van der Waals surface area contributed by atoms with Gasteiger partial charge in [0.05, 0.1) is 7.11 Å². The highest BCUT2D eigenvalue weighted by atomic mass is 16.5. The summed E-state index contributed by atoms with van der Waals surface area (Å²) in [4.78, 5) is 27.4. The smallest absolute Gasteiger partial charge is 0.317 e. The van der Waals surface area contributed by atoms with Gasteiger partial charge in [-0.1, -0.05) is 19.1 Å². The molecule has 2 rings (SSSR count). The first-order valence-electron chi connectivity index (χ1n) is 9.32. The number of piperidine rings is 1. The third-order valence-corrected chi connectivity index (χ3v) is 5.33. The minimum Gasteiger partial charge on any atom is -0.497 e. The Balaban J connectivity index is 1.71. The lowest BCUT2D eigenvalue weighted by molar-refractivity contribution is -0.130. The van der Waals surface area contributed by atoms with Crippen molar-refractivity contribution in [1.82, 2.24) is 15.1 Å². The van der Waals surface area contributed by atoms with E-state index in [9.17, 15) is 9.59 Å². The van der Waals surface area contributed by atoms with E-state index in [-0.39, 0.29) is 18.0 Å². The second-order valence-electron chi connectivity index (χ2n) is 7.04. The summed E-state index contributed by atoms with van der Waals surface area (Å²) in [7, 11) is 3.50. The van der Waals surface area contributed by atoms with E-state index < -0.39 is 0 Å². The SMILES string of the molecule is COc1ccc(C(C)CCNC(=O)N2CCC(N(C)C(C)=O)CC2)cc1. The highest BCUT2D eigenvalue weighted by Gasteiger charge is 2.26. The molecule has 1 saturated heterocycles. The van der Waals surface area contributed by atoms with Crippen molar-refractivity contribution in [2.45, 2.75) is 45.1 Å². The third-order valence-electron chi connectivity index (χ3n) is 5.33. The van der Waals surface area contributed by atoms with Crippen LogP contribution in [0.15, 0.2) is 24.3 Å². The van der Waals surface area contributed by atoms with Gasteiger partial charge >= 0.3 is 6.03 Å². The first kappa shape index (κ1) is 20.1. The summed E-state index contributed by atoms with van der Waals surface area (Å²) in [6.07, 6.45) is 2.57. The van der Waals surface area contributed by atoms with Gasteiger partial charge in [-0.15, -0.1) is 0 Å². The summed E-state index contributed by atoms with van der Waals surface area (Å²) < 4.78 is 5.18. The molecule has 1 aromatic rings. The van der Waals surface area contributed by atoms with E-state index in [1.807, 2.05) is 24.1 Å². The topological polar surface area (TPSA) is 61.9 Å². The zero-order valence-corrected chi connectivity index (χ0v) is 16.3. The van der Waals surface area contributed by atoms with Crippen LogP contribution in [0.2, 0.25) is 0 Å². The molecule has 0 aromatic heterocycles. The van der Waals surface area contributed by atoms with Gasteiger partial charge in [0.25, 0.3) is 0 Å². The van der Waals surface area contributed by atoms with Crippen molar-refractivity contribution >= 4 is 11.9 Å². The van der Waals surface area contributed by atoms with E-state index in [2.05, 4.69) is 24.4 Å². The van der Waals surface area contributed by atoms with E-state index in [0.717, 1.165) is 25.0 Å². The largest absolute Gasteiger partial charge is 0.497 e. The summed E-state index contributed by atoms with van der Waals surface area (Å²) in [5.74, 6) is 1.31. The molecule has 1 aromatic carbocycles. The maximum Gasteiger partial charge on any atom is 0.317 e. The molecule has 0 saturated carbocycles. The lowest BCUT2D eigenvalue weighted by Crippen LogP contribution is -2.49. The molecule has 1 atom stereocenters. The van der Waals surface area contributed by atoms with Gasteiger partial charge in [-0.3, -0.25) is 4.79 Å². The fourth-order valence-electron chi connectivity index (χ4n) is 3.32. The maximum atomic E-state index is 12.3. The molecule has 0 spiro atoms. The number of nitrogens with one attached hydrogen (secondary N) is 1. The van der Waals surface area contributed by atoms with Crippen LogP contribution in [-0.2, 0) is 4.79 Å². The van der Waals surface area contributed by atoms with Crippen LogP contribution in [0.4, 0.5) is 4.79 Å². The fraction of sp³-hybridized carbons (Fsp3) is 0.600. The van der Waals surface area contributed by atoms with Crippen LogP contribution < -0.4 is 10.1 Å². The summed E-state index contributed by atoms with van der Waals surface area (Å²) in [5, 5.41) is 3.02. The molecule has 3 amide bonds. The van der Waals surface area contributed by atoms with Crippen molar-refractivity contribution in [3.8, 4) is 5.75 Å². The Hall–Kier alpha value is -2.24. The number of carbonyl (C=O) groups excluding carboxylic acids is 2. The average Bonchev–Trinajstić information content (AvgIpc) is 2.67. The van der Waals surface area contributed by atoms with Crippen LogP contribution in [0.25, 0.3) is 0 Å². The number of carbonyl (C=O) groups is 2. The standard InChI is InChI=1S/C20H31N3O3/c1-15(17-5-7-19(26-4)8-6-17)9-12-21-20(25)23-13-10-18(11-14-23)22(3)16(2)24/h5-8,15,18H,9-14H2,1-4H3,(H,21,25). The van der Waals surface area contributed by atoms with Gasteiger partial charge in [-0.2, -0.15) is 0 Å². The van der Waals surface area contributed by atoms with Crippen LogP contribution in [0.3, 0.4) is 0 Å². The van der Waals surface area contributed by atoms with Crippen LogP contribution in [-0.4, -0.2) is 61.6 Å². The van der Waals surface area contributed by atoms with Crippen LogP contribution >= 0.6 is 0 Å². The number of amides is 3. The monoisotopic (exact) mass is 361 g/mol. The molecule has 6 heteroatoms. The second kappa shape index (κ2) is 9.46. The third kappa shape index (κ3) is 5.38. The number of hydrogen-bond donors (Lipinski definition) is 1. The van der Waals surface area contributed by atoms with Crippen molar-refractivity contribution in [2.24, 2.45) is 0 Å². The van der Waals surface area contributed by atoms with Gasteiger partial charge in [0.1, 0.15) is 5.75 Å². The molecule has 1 unspecified atom stereocenters. The molecular formula is C20H31N3O3. The molecule has 1 aliphatic heterocycles. The number of nitrogens with zero attached hydrogens (tertiary/aromatic N) is 2. The molecule has 26 heavy (non-hydrogen) atoms. The predicted octanol–water partition coefficient (Wildman–Crippen LogP) is 2.84. The van der Waals surface area contributed by atoms with Crippen molar-refractivity contribution < 1.29 is 14.3 Å². The lowest BCUT2D eigenvalue weighted by atomic mass is 9.98. The van der Waals surface area contributed by atoms with Crippen LogP contribution in [0.1, 0.15) is 44.6 Å². The number of likely N-dealkylation sites (tertiary alicyclic amines) is 1. The number of methoxy groups -OCH3 is 1. The number of ether oxygens (including phenoxy) is 1. The van der Waals surface area contributed by atoms with Gasteiger partial charge in [0, 0.05) is 39.6 Å². The zero-order chi connectivity index (χ0) is 19.1. The molecule has 144 valence electrons. The summed E-state index contributed by atoms with van der Waals surface area (Å²) in [6, 6.07) is 8.31. The fourth-order valence-corrected chi connectivity index (χ4v) is 3.32. The first-order valence-corrected chi connectivity index (χ1v) is 9.32. The van der Waals surface area contributed by atoms with E-state index in [1.54, 1.807) is 18.9 Å². The molecule has 1 aliphatic rings. The Kier molecular flexibility index (Phi) is 7.30. The van der Waals surface area contributed by atoms with Crippen LogP contribution in [0.5, 0.6) is 5.75 Å². The molecule has 1 fully saturated rings. The molecule has 6 nitrogen and oxygen atoms in total. The quantitative estimate of drug-likeness (QED) is 0.847. The minimum absolute atomic E-state index is 0.00383. The maximum absolute atomic E-state index is 12.3. The summed E-state index contributed by atoms with van der Waals surface area (Å²) in [5.41, 5.74) is 1.24. The number of hydrogen-bond acceptors (Lipinski definition) is 3. The van der Waals surface area contributed by atoms with Gasteiger partial charge < -0.3 is 19.9 Å². The average molecular weight is 361 g/mol. The molecular weight excluding hydrogens is 330 g/mol. The van der Waals surface area contributed by atoms with Crippen LogP contribution in [0, 0.1) is 0 Å². The molecule has 0 bridgehead atoms. The Morgan fingerprint density at radius 2 is 1.88 bits per heavy atom. The van der Waals surface area contributed by atoms with Gasteiger partial charge in [0.2, 0.25) is 5.91 Å². The van der Waals surface area contributed by atoms with E-state index in [1.165, 1.54) is 5.56 Å². The van der Waals surface area contributed by atoms with Gasteiger partial charge in [-0.05, 0) is 42.9 Å². The minimum atomic E-state index is -0.00383.